The van der Waals surface area contributed by atoms with Crippen molar-refractivity contribution in [2.45, 2.75) is 57.7 Å². The van der Waals surface area contributed by atoms with Crippen LogP contribution in [-0.4, -0.2) is 59.9 Å². The highest BCUT2D eigenvalue weighted by Crippen LogP contribution is 2.17. The monoisotopic (exact) mass is 267 g/mol. The van der Waals surface area contributed by atoms with Gasteiger partial charge in [-0.15, -0.1) is 0 Å². The molecule has 0 radical (unpaired) electrons. The molecule has 0 bridgehead atoms. The van der Waals surface area contributed by atoms with Gasteiger partial charge < -0.3 is 10.2 Å². The summed E-state index contributed by atoms with van der Waals surface area (Å²) in [5.41, 5.74) is 0. The van der Waals surface area contributed by atoms with Gasteiger partial charge in [-0.2, -0.15) is 0 Å². The van der Waals surface area contributed by atoms with Crippen LogP contribution in [0, 0.1) is 0 Å². The number of nitrogens with one attached hydrogen (secondary N) is 1. The Kier molecular flexibility index (Phi) is 4.58. The lowest BCUT2D eigenvalue weighted by molar-refractivity contribution is -0.148. The Morgan fingerprint density at radius 1 is 1.16 bits per heavy atom. The van der Waals surface area contributed by atoms with Crippen molar-refractivity contribution in [1.82, 2.24) is 15.1 Å². The Morgan fingerprint density at radius 2 is 1.79 bits per heavy atom. The summed E-state index contributed by atoms with van der Waals surface area (Å²) < 4.78 is 0. The van der Waals surface area contributed by atoms with Gasteiger partial charge in [-0.05, 0) is 46.2 Å². The number of carbonyl (C=O) groups is 2. The van der Waals surface area contributed by atoms with E-state index in [0.717, 1.165) is 25.9 Å². The number of piperidine rings is 2. The molecule has 2 saturated heterocycles. The summed E-state index contributed by atoms with van der Waals surface area (Å²) in [6, 6.07) is 0.838. The molecule has 2 amide bonds. The Bertz CT molecular complexity index is 349. The van der Waals surface area contributed by atoms with E-state index in [-0.39, 0.29) is 17.9 Å². The standard InChI is InChI=1S/C14H25N3O2/c1-10(2)17-8-6-11(7-9-17)15-12-4-5-13(18)16(3)14(12)19/h10-12,15H,4-9H2,1-3H3. The number of likely N-dealkylation sites (N-methyl/N-ethyl adjacent to an activating group) is 1. The number of hydrogen-bond donors (Lipinski definition) is 1. The summed E-state index contributed by atoms with van der Waals surface area (Å²) in [4.78, 5) is 27.2. The third-order valence-corrected chi connectivity index (χ3v) is 4.35. The van der Waals surface area contributed by atoms with E-state index in [0.29, 0.717) is 24.9 Å². The van der Waals surface area contributed by atoms with Crippen molar-refractivity contribution in [3.63, 3.8) is 0 Å². The minimum absolute atomic E-state index is 0.0577. The molecule has 2 heterocycles. The van der Waals surface area contributed by atoms with E-state index in [2.05, 4.69) is 24.1 Å². The summed E-state index contributed by atoms with van der Waals surface area (Å²) in [6.45, 7) is 6.62. The van der Waals surface area contributed by atoms with Gasteiger partial charge >= 0.3 is 0 Å². The van der Waals surface area contributed by atoms with Gasteiger partial charge in [0, 0.05) is 25.6 Å². The molecule has 2 aliphatic rings. The maximum Gasteiger partial charge on any atom is 0.246 e. The lowest BCUT2D eigenvalue weighted by atomic mass is 9.99. The zero-order valence-corrected chi connectivity index (χ0v) is 12.2. The maximum absolute atomic E-state index is 12.0. The van der Waals surface area contributed by atoms with Crippen LogP contribution >= 0.6 is 0 Å². The Hall–Kier alpha value is -0.940. The van der Waals surface area contributed by atoms with Gasteiger partial charge in [0.05, 0.1) is 6.04 Å². The molecule has 0 aromatic rings. The number of likely N-dealkylation sites (tertiary alicyclic amines) is 2. The average Bonchev–Trinajstić information content (AvgIpc) is 2.40. The third kappa shape index (κ3) is 3.34. The molecular formula is C14H25N3O2. The lowest BCUT2D eigenvalue weighted by Crippen LogP contribution is -2.56. The Morgan fingerprint density at radius 3 is 2.37 bits per heavy atom. The summed E-state index contributed by atoms with van der Waals surface area (Å²) in [5, 5.41) is 3.45. The van der Waals surface area contributed by atoms with E-state index in [1.54, 1.807) is 7.05 Å². The van der Waals surface area contributed by atoms with Crippen molar-refractivity contribution in [2.75, 3.05) is 20.1 Å². The molecule has 0 aromatic carbocycles. The summed E-state index contributed by atoms with van der Waals surface area (Å²) in [5.74, 6) is -0.125. The van der Waals surface area contributed by atoms with E-state index in [4.69, 9.17) is 0 Å². The van der Waals surface area contributed by atoms with Gasteiger partial charge in [0.1, 0.15) is 0 Å². The first-order chi connectivity index (χ1) is 8.99. The predicted molar refractivity (Wildman–Crippen MR) is 73.7 cm³/mol. The molecule has 2 aliphatic heterocycles. The summed E-state index contributed by atoms with van der Waals surface area (Å²) in [7, 11) is 1.58. The first-order valence-electron chi connectivity index (χ1n) is 7.29. The van der Waals surface area contributed by atoms with Crippen LogP contribution in [0.25, 0.3) is 0 Å². The number of hydrogen-bond acceptors (Lipinski definition) is 4. The van der Waals surface area contributed by atoms with Crippen LogP contribution in [-0.2, 0) is 9.59 Å². The van der Waals surface area contributed by atoms with Crippen LogP contribution in [0.15, 0.2) is 0 Å². The molecule has 1 unspecified atom stereocenters. The molecule has 0 aliphatic carbocycles. The van der Waals surface area contributed by atoms with Crippen molar-refractivity contribution in [1.29, 1.82) is 0 Å². The van der Waals surface area contributed by atoms with Gasteiger partial charge in [0.2, 0.25) is 11.8 Å². The lowest BCUT2D eigenvalue weighted by Gasteiger charge is -2.37. The SMILES string of the molecule is CC(C)N1CCC(NC2CCC(=O)N(C)C2=O)CC1. The van der Waals surface area contributed by atoms with Crippen molar-refractivity contribution < 1.29 is 9.59 Å². The highest BCUT2D eigenvalue weighted by Gasteiger charge is 2.33. The van der Waals surface area contributed by atoms with E-state index in [1.165, 1.54) is 4.90 Å². The predicted octanol–water partition coefficient (Wildman–Crippen LogP) is 0.596. The van der Waals surface area contributed by atoms with Crippen LogP contribution in [0.3, 0.4) is 0 Å². The van der Waals surface area contributed by atoms with Crippen LogP contribution in [0.5, 0.6) is 0 Å². The van der Waals surface area contributed by atoms with Gasteiger partial charge in [-0.3, -0.25) is 14.5 Å². The first-order valence-corrected chi connectivity index (χ1v) is 7.29. The fourth-order valence-corrected chi connectivity index (χ4v) is 2.94. The molecular weight excluding hydrogens is 242 g/mol. The number of nitrogens with zero attached hydrogens (tertiary/aromatic N) is 2. The molecule has 1 atom stereocenters. The van der Waals surface area contributed by atoms with Gasteiger partial charge in [-0.25, -0.2) is 0 Å². The molecule has 2 rings (SSSR count). The van der Waals surface area contributed by atoms with Crippen molar-refractivity contribution in [3.8, 4) is 0 Å². The number of rotatable bonds is 3. The van der Waals surface area contributed by atoms with Crippen molar-refractivity contribution >= 4 is 11.8 Å². The second-order valence-corrected chi connectivity index (χ2v) is 5.95. The molecule has 2 fully saturated rings. The summed E-state index contributed by atoms with van der Waals surface area (Å²) >= 11 is 0. The molecule has 0 spiro atoms. The molecule has 108 valence electrons. The Labute approximate surface area is 115 Å². The minimum atomic E-state index is -0.168. The van der Waals surface area contributed by atoms with Gasteiger partial charge in [0.25, 0.3) is 0 Å². The number of carbonyl (C=O) groups excluding carboxylic acids is 2. The van der Waals surface area contributed by atoms with Crippen LogP contribution in [0.2, 0.25) is 0 Å². The van der Waals surface area contributed by atoms with E-state index in [9.17, 15) is 9.59 Å². The quantitative estimate of drug-likeness (QED) is 0.761. The molecule has 19 heavy (non-hydrogen) atoms. The summed E-state index contributed by atoms with van der Waals surface area (Å²) in [6.07, 6.45) is 3.29. The second-order valence-electron chi connectivity index (χ2n) is 5.95. The van der Waals surface area contributed by atoms with Crippen molar-refractivity contribution in [3.05, 3.63) is 0 Å². The topological polar surface area (TPSA) is 52.7 Å². The molecule has 5 heteroatoms. The fourth-order valence-electron chi connectivity index (χ4n) is 2.94. The number of amides is 2. The van der Waals surface area contributed by atoms with Crippen LogP contribution < -0.4 is 5.32 Å². The normalized spacial score (nSPS) is 27.4. The first kappa shape index (κ1) is 14.5. The van der Waals surface area contributed by atoms with E-state index in [1.807, 2.05) is 0 Å². The number of imide groups is 1. The van der Waals surface area contributed by atoms with Gasteiger partial charge in [0.15, 0.2) is 0 Å². The zero-order chi connectivity index (χ0) is 14.0. The minimum Gasteiger partial charge on any atom is -0.303 e. The van der Waals surface area contributed by atoms with Crippen LogP contribution in [0.1, 0.15) is 39.5 Å². The van der Waals surface area contributed by atoms with Gasteiger partial charge in [-0.1, -0.05) is 0 Å². The highest BCUT2D eigenvalue weighted by atomic mass is 16.2. The largest absolute Gasteiger partial charge is 0.303 e. The molecule has 1 N–H and O–H groups in total. The highest BCUT2D eigenvalue weighted by molar-refractivity contribution is 6.00. The van der Waals surface area contributed by atoms with E-state index >= 15 is 0 Å². The molecule has 5 nitrogen and oxygen atoms in total. The maximum atomic E-state index is 12.0. The second kappa shape index (κ2) is 6.01. The zero-order valence-electron chi connectivity index (χ0n) is 12.2. The van der Waals surface area contributed by atoms with E-state index < -0.39 is 0 Å². The third-order valence-electron chi connectivity index (χ3n) is 4.35. The fraction of sp³-hybridized carbons (Fsp3) is 0.857. The average molecular weight is 267 g/mol. The van der Waals surface area contributed by atoms with Crippen LogP contribution in [0.4, 0.5) is 0 Å². The molecule has 0 aromatic heterocycles. The van der Waals surface area contributed by atoms with Crippen molar-refractivity contribution in [2.24, 2.45) is 0 Å². The smallest absolute Gasteiger partial charge is 0.246 e. The molecule has 0 saturated carbocycles. The Balaban J connectivity index is 1.83.